The summed E-state index contributed by atoms with van der Waals surface area (Å²) in [5.41, 5.74) is 7.97. The molecule has 22 heavy (non-hydrogen) atoms. The van der Waals surface area contributed by atoms with Gasteiger partial charge in [0.2, 0.25) is 5.91 Å². The number of likely N-dealkylation sites (tertiary alicyclic amines) is 1. The van der Waals surface area contributed by atoms with Crippen molar-refractivity contribution in [2.75, 3.05) is 13.1 Å². The van der Waals surface area contributed by atoms with Gasteiger partial charge in [-0.3, -0.25) is 9.89 Å². The molecule has 118 valence electrons. The van der Waals surface area contributed by atoms with Crippen LogP contribution in [0.2, 0.25) is 0 Å². The van der Waals surface area contributed by atoms with Gasteiger partial charge >= 0.3 is 0 Å². The predicted octanol–water partition coefficient (Wildman–Crippen LogP) is 1.72. The monoisotopic (exact) mass is 320 g/mol. The van der Waals surface area contributed by atoms with Crippen molar-refractivity contribution in [3.05, 3.63) is 30.0 Å². The molecule has 0 radical (unpaired) electrons. The fourth-order valence-electron chi connectivity index (χ4n) is 3.92. The van der Waals surface area contributed by atoms with Crippen LogP contribution in [0.15, 0.2) is 24.3 Å². The molecule has 5 nitrogen and oxygen atoms in total. The second kappa shape index (κ2) is 5.89. The summed E-state index contributed by atoms with van der Waals surface area (Å²) in [6.45, 7) is 1.71. The standard InChI is InChI=1S/C16H20N4O.ClH/c17-13-6-5-10-8-20(9-12(10)13)16(21)7-15-11-3-1-2-4-14(11)18-19-15;/h1-4,10,12-13H,5-9,17H2,(H,18,19);1H. The van der Waals surface area contributed by atoms with Gasteiger partial charge in [-0.1, -0.05) is 18.2 Å². The van der Waals surface area contributed by atoms with Crippen molar-refractivity contribution in [3.63, 3.8) is 0 Å². The van der Waals surface area contributed by atoms with Gasteiger partial charge < -0.3 is 10.6 Å². The second-order valence-electron chi connectivity index (χ2n) is 6.36. The number of nitrogens with one attached hydrogen (secondary N) is 1. The van der Waals surface area contributed by atoms with Crippen molar-refractivity contribution in [2.45, 2.75) is 25.3 Å². The maximum atomic E-state index is 12.5. The maximum Gasteiger partial charge on any atom is 0.228 e. The van der Waals surface area contributed by atoms with Gasteiger partial charge in [-0.2, -0.15) is 5.10 Å². The van der Waals surface area contributed by atoms with Crippen LogP contribution in [-0.2, 0) is 11.2 Å². The Kier molecular flexibility index (Phi) is 4.10. The zero-order valence-corrected chi connectivity index (χ0v) is 13.2. The summed E-state index contributed by atoms with van der Waals surface area (Å²) in [7, 11) is 0. The topological polar surface area (TPSA) is 75.0 Å². The van der Waals surface area contributed by atoms with Gasteiger partial charge in [-0.05, 0) is 30.7 Å². The minimum Gasteiger partial charge on any atom is -0.342 e. The molecule has 3 atom stereocenters. The smallest absolute Gasteiger partial charge is 0.228 e. The van der Waals surface area contributed by atoms with E-state index in [4.69, 9.17) is 5.73 Å². The molecule has 1 saturated heterocycles. The number of nitrogens with two attached hydrogens (primary N) is 1. The van der Waals surface area contributed by atoms with Gasteiger partial charge in [-0.15, -0.1) is 12.4 Å². The zero-order valence-electron chi connectivity index (χ0n) is 12.4. The van der Waals surface area contributed by atoms with E-state index in [1.54, 1.807) is 0 Å². The molecule has 0 bridgehead atoms. The molecule has 1 aromatic carbocycles. The molecule has 1 saturated carbocycles. The van der Waals surface area contributed by atoms with Crippen LogP contribution in [0.3, 0.4) is 0 Å². The van der Waals surface area contributed by atoms with Crippen molar-refractivity contribution in [1.82, 2.24) is 15.1 Å². The SMILES string of the molecule is Cl.NC1CCC2CN(C(=O)Cc3[nH]nc4ccccc34)CC12. The van der Waals surface area contributed by atoms with Gasteiger partial charge in [0.1, 0.15) is 0 Å². The molecule has 4 rings (SSSR count). The second-order valence-corrected chi connectivity index (χ2v) is 6.36. The first-order chi connectivity index (χ1) is 10.2. The van der Waals surface area contributed by atoms with Crippen LogP contribution in [0.5, 0.6) is 0 Å². The third-order valence-corrected chi connectivity index (χ3v) is 5.13. The van der Waals surface area contributed by atoms with Gasteiger partial charge in [0, 0.05) is 24.5 Å². The lowest BCUT2D eigenvalue weighted by Gasteiger charge is -2.18. The average Bonchev–Trinajstić information content (AvgIpc) is 3.16. The number of fused-ring (bicyclic) bond motifs is 2. The number of benzene rings is 1. The van der Waals surface area contributed by atoms with Crippen molar-refractivity contribution in [1.29, 1.82) is 0 Å². The molecule has 1 aliphatic heterocycles. The van der Waals surface area contributed by atoms with E-state index >= 15 is 0 Å². The largest absolute Gasteiger partial charge is 0.342 e. The Balaban J connectivity index is 0.00000144. The minimum absolute atomic E-state index is 0. The molecule has 1 aromatic heterocycles. The van der Waals surface area contributed by atoms with Gasteiger partial charge in [-0.25, -0.2) is 0 Å². The number of carbonyl (C=O) groups excluding carboxylic acids is 1. The van der Waals surface area contributed by atoms with Gasteiger partial charge in [0.15, 0.2) is 0 Å². The Morgan fingerprint density at radius 3 is 2.95 bits per heavy atom. The number of amides is 1. The van der Waals surface area contributed by atoms with Crippen LogP contribution in [0.25, 0.3) is 10.9 Å². The fourth-order valence-corrected chi connectivity index (χ4v) is 3.92. The van der Waals surface area contributed by atoms with Crippen molar-refractivity contribution >= 4 is 29.2 Å². The third-order valence-electron chi connectivity index (χ3n) is 5.13. The highest BCUT2D eigenvalue weighted by atomic mass is 35.5. The Hall–Kier alpha value is -1.59. The number of aromatic nitrogens is 2. The summed E-state index contributed by atoms with van der Waals surface area (Å²) in [5.74, 6) is 1.31. The Bertz CT molecular complexity index is 686. The number of carbonyl (C=O) groups is 1. The Morgan fingerprint density at radius 1 is 1.32 bits per heavy atom. The highest BCUT2D eigenvalue weighted by Gasteiger charge is 2.42. The maximum absolute atomic E-state index is 12.5. The molecular formula is C16H21ClN4O. The molecule has 1 amide bonds. The lowest BCUT2D eigenvalue weighted by Crippen LogP contribution is -2.34. The highest BCUT2D eigenvalue weighted by molar-refractivity contribution is 5.87. The van der Waals surface area contributed by atoms with E-state index in [9.17, 15) is 4.79 Å². The average molecular weight is 321 g/mol. The summed E-state index contributed by atoms with van der Waals surface area (Å²) in [6, 6.07) is 8.18. The summed E-state index contributed by atoms with van der Waals surface area (Å²) in [4.78, 5) is 14.5. The zero-order chi connectivity index (χ0) is 14.4. The van der Waals surface area contributed by atoms with E-state index in [-0.39, 0.29) is 24.4 Å². The van der Waals surface area contributed by atoms with Crippen molar-refractivity contribution in [2.24, 2.45) is 17.6 Å². The molecule has 2 aromatic rings. The van der Waals surface area contributed by atoms with Crippen LogP contribution in [0.1, 0.15) is 18.5 Å². The molecule has 1 aliphatic carbocycles. The number of hydrogen-bond donors (Lipinski definition) is 2. The summed E-state index contributed by atoms with van der Waals surface area (Å²) >= 11 is 0. The van der Waals surface area contributed by atoms with E-state index in [0.29, 0.717) is 18.3 Å². The first kappa shape index (κ1) is 15.3. The molecule has 3 N–H and O–H groups in total. The van der Waals surface area contributed by atoms with Gasteiger partial charge in [0.05, 0.1) is 17.6 Å². The van der Waals surface area contributed by atoms with Gasteiger partial charge in [0.25, 0.3) is 0 Å². The summed E-state index contributed by atoms with van der Waals surface area (Å²) < 4.78 is 0. The van der Waals surface area contributed by atoms with Crippen LogP contribution in [-0.4, -0.2) is 40.1 Å². The highest BCUT2D eigenvalue weighted by Crippen LogP contribution is 2.37. The van der Waals surface area contributed by atoms with E-state index in [2.05, 4.69) is 10.2 Å². The Labute approximate surface area is 135 Å². The van der Waals surface area contributed by atoms with Crippen molar-refractivity contribution < 1.29 is 4.79 Å². The number of H-pyrrole nitrogens is 1. The van der Waals surface area contributed by atoms with E-state index in [1.807, 2.05) is 29.2 Å². The summed E-state index contributed by atoms with van der Waals surface area (Å²) in [6.07, 6.45) is 2.68. The molecule has 2 aliphatic rings. The molecule has 0 spiro atoms. The first-order valence-corrected chi connectivity index (χ1v) is 7.67. The molecule has 3 unspecified atom stereocenters. The van der Waals surface area contributed by atoms with E-state index in [1.165, 1.54) is 6.42 Å². The predicted molar refractivity (Wildman–Crippen MR) is 87.8 cm³/mol. The molecule has 2 heterocycles. The third kappa shape index (κ3) is 2.48. The van der Waals surface area contributed by atoms with Crippen molar-refractivity contribution in [3.8, 4) is 0 Å². The van der Waals surface area contributed by atoms with E-state index in [0.717, 1.165) is 36.1 Å². The number of hydrogen-bond acceptors (Lipinski definition) is 3. The molecule has 6 heteroatoms. The minimum atomic E-state index is 0. The van der Waals surface area contributed by atoms with E-state index < -0.39 is 0 Å². The quantitative estimate of drug-likeness (QED) is 0.884. The number of para-hydroxylation sites is 1. The van der Waals surface area contributed by atoms with Crippen LogP contribution in [0.4, 0.5) is 0 Å². The fraction of sp³-hybridized carbons (Fsp3) is 0.500. The number of aromatic amines is 1. The Morgan fingerprint density at radius 2 is 2.14 bits per heavy atom. The first-order valence-electron chi connectivity index (χ1n) is 7.67. The number of halogens is 1. The lowest BCUT2D eigenvalue weighted by atomic mass is 9.98. The van der Waals surface area contributed by atoms with Crippen LogP contribution in [0, 0.1) is 11.8 Å². The van der Waals surface area contributed by atoms with Crippen LogP contribution < -0.4 is 5.73 Å². The van der Waals surface area contributed by atoms with Crippen LogP contribution >= 0.6 is 12.4 Å². The normalized spacial score (nSPS) is 27.0. The molecule has 2 fully saturated rings. The number of rotatable bonds is 2. The summed E-state index contributed by atoms with van der Waals surface area (Å²) in [5, 5.41) is 8.30. The number of nitrogens with zero attached hydrogens (tertiary/aromatic N) is 2. The lowest BCUT2D eigenvalue weighted by molar-refractivity contribution is -0.129. The molecular weight excluding hydrogens is 300 g/mol.